The van der Waals surface area contributed by atoms with E-state index in [1.54, 1.807) is 0 Å². The van der Waals surface area contributed by atoms with Crippen LogP contribution in [-0.4, -0.2) is 18.4 Å². The lowest BCUT2D eigenvalue weighted by molar-refractivity contribution is -0.123. The molecule has 1 aromatic rings. The fourth-order valence-corrected chi connectivity index (χ4v) is 2.47. The molecule has 2 amide bonds. The standard InChI is InChI=1S/C14H16N2O2/c1-2-15-8-9-3-5-10(6-4-9)16-13(17)11-7-12(11)14(16)18/h3-6,11-12,15H,2,7-8H2,1H3. The Hall–Kier alpha value is -1.68. The molecule has 2 atom stereocenters. The van der Waals surface area contributed by atoms with Gasteiger partial charge < -0.3 is 5.32 Å². The summed E-state index contributed by atoms with van der Waals surface area (Å²) >= 11 is 0. The fourth-order valence-electron chi connectivity index (χ4n) is 2.47. The van der Waals surface area contributed by atoms with Crippen LogP contribution < -0.4 is 10.2 Å². The van der Waals surface area contributed by atoms with Crippen molar-refractivity contribution in [3.05, 3.63) is 29.8 Å². The molecule has 1 N–H and O–H groups in total. The third kappa shape index (κ3) is 1.73. The van der Waals surface area contributed by atoms with Gasteiger partial charge in [-0.1, -0.05) is 19.1 Å². The molecule has 0 bridgehead atoms. The number of carbonyl (C=O) groups is 2. The Balaban J connectivity index is 1.77. The molecule has 1 aromatic carbocycles. The first-order chi connectivity index (χ1) is 8.72. The van der Waals surface area contributed by atoms with E-state index >= 15 is 0 Å². The minimum absolute atomic E-state index is 0.0237. The summed E-state index contributed by atoms with van der Waals surface area (Å²) in [6.07, 6.45) is 0.757. The van der Waals surface area contributed by atoms with Gasteiger partial charge in [-0.25, -0.2) is 0 Å². The van der Waals surface area contributed by atoms with Crippen molar-refractivity contribution in [3.63, 3.8) is 0 Å². The van der Waals surface area contributed by atoms with Crippen LogP contribution in [0.4, 0.5) is 5.69 Å². The van der Waals surface area contributed by atoms with Gasteiger partial charge in [0, 0.05) is 6.54 Å². The number of benzene rings is 1. The molecule has 0 spiro atoms. The average Bonchev–Trinajstić information content (AvgIpc) is 3.13. The minimum Gasteiger partial charge on any atom is -0.313 e. The van der Waals surface area contributed by atoms with E-state index in [-0.39, 0.29) is 23.7 Å². The lowest BCUT2D eigenvalue weighted by atomic mass is 10.2. The number of carbonyl (C=O) groups excluding carboxylic acids is 2. The Kier molecular flexibility index (Phi) is 2.67. The molecule has 2 aliphatic rings. The van der Waals surface area contributed by atoms with Crippen molar-refractivity contribution in [1.29, 1.82) is 0 Å². The van der Waals surface area contributed by atoms with Crippen LogP contribution in [0.15, 0.2) is 24.3 Å². The van der Waals surface area contributed by atoms with Crippen LogP contribution >= 0.6 is 0 Å². The van der Waals surface area contributed by atoms with Crippen molar-refractivity contribution in [2.75, 3.05) is 11.4 Å². The SMILES string of the molecule is CCNCc1ccc(N2C(=O)C3CC3C2=O)cc1. The van der Waals surface area contributed by atoms with E-state index in [1.165, 1.54) is 4.90 Å². The first kappa shape index (κ1) is 11.4. The predicted octanol–water partition coefficient (Wildman–Crippen LogP) is 1.31. The van der Waals surface area contributed by atoms with Crippen LogP contribution in [0.1, 0.15) is 18.9 Å². The maximum absolute atomic E-state index is 11.9. The van der Waals surface area contributed by atoms with Gasteiger partial charge in [0.1, 0.15) is 0 Å². The van der Waals surface area contributed by atoms with Crippen LogP contribution in [-0.2, 0) is 16.1 Å². The first-order valence-electron chi connectivity index (χ1n) is 6.40. The van der Waals surface area contributed by atoms with E-state index in [0.717, 1.165) is 25.1 Å². The van der Waals surface area contributed by atoms with Crippen molar-refractivity contribution in [1.82, 2.24) is 5.32 Å². The second kappa shape index (κ2) is 4.21. The van der Waals surface area contributed by atoms with Crippen molar-refractivity contribution < 1.29 is 9.59 Å². The number of fused-ring (bicyclic) bond motifs is 1. The topological polar surface area (TPSA) is 49.4 Å². The number of piperidine rings is 1. The van der Waals surface area contributed by atoms with Gasteiger partial charge in [0.2, 0.25) is 11.8 Å². The molecular formula is C14H16N2O2. The lowest BCUT2D eigenvalue weighted by Gasteiger charge is -2.16. The van der Waals surface area contributed by atoms with Crippen LogP contribution in [0, 0.1) is 11.8 Å². The summed E-state index contributed by atoms with van der Waals surface area (Å²) in [5, 5.41) is 3.24. The highest BCUT2D eigenvalue weighted by Crippen LogP contribution is 2.48. The van der Waals surface area contributed by atoms with Crippen molar-refractivity contribution >= 4 is 17.5 Å². The average molecular weight is 244 g/mol. The Morgan fingerprint density at radius 1 is 1.17 bits per heavy atom. The summed E-state index contributed by atoms with van der Waals surface area (Å²) in [4.78, 5) is 25.2. The number of imide groups is 1. The fraction of sp³-hybridized carbons (Fsp3) is 0.429. The van der Waals surface area contributed by atoms with Gasteiger partial charge in [-0.2, -0.15) is 0 Å². The molecule has 0 aromatic heterocycles. The molecule has 2 unspecified atom stereocenters. The molecule has 1 aliphatic carbocycles. The van der Waals surface area contributed by atoms with E-state index in [0.29, 0.717) is 5.69 Å². The Morgan fingerprint density at radius 2 is 1.78 bits per heavy atom. The first-order valence-corrected chi connectivity index (χ1v) is 6.40. The normalized spacial score (nSPS) is 25.5. The smallest absolute Gasteiger partial charge is 0.237 e. The highest BCUT2D eigenvalue weighted by Gasteiger charge is 2.59. The van der Waals surface area contributed by atoms with E-state index in [1.807, 2.05) is 24.3 Å². The van der Waals surface area contributed by atoms with E-state index in [9.17, 15) is 9.59 Å². The van der Waals surface area contributed by atoms with Crippen molar-refractivity contribution in [3.8, 4) is 0 Å². The van der Waals surface area contributed by atoms with E-state index in [4.69, 9.17) is 0 Å². The predicted molar refractivity (Wildman–Crippen MR) is 67.9 cm³/mol. The summed E-state index contributed by atoms with van der Waals surface area (Å²) in [6, 6.07) is 7.63. The Morgan fingerprint density at radius 3 is 2.33 bits per heavy atom. The summed E-state index contributed by atoms with van der Waals surface area (Å²) in [5.41, 5.74) is 1.86. The molecule has 1 heterocycles. The maximum Gasteiger partial charge on any atom is 0.237 e. The number of hydrogen-bond acceptors (Lipinski definition) is 3. The number of nitrogens with one attached hydrogen (secondary N) is 1. The van der Waals surface area contributed by atoms with Crippen molar-refractivity contribution in [2.24, 2.45) is 11.8 Å². The zero-order valence-electron chi connectivity index (χ0n) is 10.3. The summed E-state index contributed by atoms with van der Waals surface area (Å²) in [6.45, 7) is 3.79. The third-order valence-electron chi connectivity index (χ3n) is 3.64. The highest BCUT2D eigenvalue weighted by molar-refractivity contribution is 6.24. The van der Waals surface area contributed by atoms with Gasteiger partial charge in [0.15, 0.2) is 0 Å². The number of amides is 2. The zero-order valence-corrected chi connectivity index (χ0v) is 10.3. The van der Waals surface area contributed by atoms with Crippen LogP contribution in [0.5, 0.6) is 0 Å². The highest BCUT2D eigenvalue weighted by atomic mass is 16.2. The number of nitrogens with zero attached hydrogens (tertiary/aromatic N) is 1. The van der Waals surface area contributed by atoms with Gasteiger partial charge in [-0.3, -0.25) is 14.5 Å². The quantitative estimate of drug-likeness (QED) is 0.812. The zero-order chi connectivity index (χ0) is 12.7. The summed E-state index contributed by atoms with van der Waals surface area (Å²) < 4.78 is 0. The maximum atomic E-state index is 11.9. The molecular weight excluding hydrogens is 228 g/mol. The van der Waals surface area contributed by atoms with Gasteiger partial charge in [0.05, 0.1) is 17.5 Å². The molecule has 18 heavy (non-hydrogen) atoms. The molecule has 1 aliphatic heterocycles. The van der Waals surface area contributed by atoms with E-state index in [2.05, 4.69) is 12.2 Å². The molecule has 1 saturated carbocycles. The second-order valence-corrected chi connectivity index (χ2v) is 4.91. The van der Waals surface area contributed by atoms with Gasteiger partial charge in [-0.15, -0.1) is 0 Å². The lowest BCUT2D eigenvalue weighted by Crippen LogP contribution is -2.32. The second-order valence-electron chi connectivity index (χ2n) is 4.91. The Labute approximate surface area is 106 Å². The molecule has 94 valence electrons. The monoisotopic (exact) mass is 244 g/mol. The third-order valence-corrected chi connectivity index (χ3v) is 3.64. The molecule has 4 nitrogen and oxygen atoms in total. The summed E-state index contributed by atoms with van der Waals surface area (Å²) in [5.74, 6) is -0.105. The van der Waals surface area contributed by atoms with Crippen molar-refractivity contribution in [2.45, 2.75) is 19.9 Å². The van der Waals surface area contributed by atoms with Crippen LogP contribution in [0.2, 0.25) is 0 Å². The molecule has 3 rings (SSSR count). The minimum atomic E-state index is -0.0288. The van der Waals surface area contributed by atoms with Crippen LogP contribution in [0.3, 0.4) is 0 Å². The molecule has 1 saturated heterocycles. The number of rotatable bonds is 4. The van der Waals surface area contributed by atoms with Gasteiger partial charge in [-0.05, 0) is 30.7 Å². The van der Waals surface area contributed by atoms with Crippen LogP contribution in [0.25, 0.3) is 0 Å². The molecule has 0 radical (unpaired) electrons. The molecule has 2 fully saturated rings. The van der Waals surface area contributed by atoms with E-state index < -0.39 is 0 Å². The number of hydrogen-bond donors (Lipinski definition) is 1. The summed E-state index contributed by atoms with van der Waals surface area (Å²) in [7, 11) is 0. The van der Waals surface area contributed by atoms with Gasteiger partial charge >= 0.3 is 0 Å². The molecule has 4 heteroatoms. The Bertz CT molecular complexity index is 475. The largest absolute Gasteiger partial charge is 0.313 e. The van der Waals surface area contributed by atoms with Gasteiger partial charge in [0.25, 0.3) is 0 Å². The number of anilines is 1.